The summed E-state index contributed by atoms with van der Waals surface area (Å²) in [5.41, 5.74) is 3.25. The second kappa shape index (κ2) is 11.5. The molecule has 0 radical (unpaired) electrons. The third-order valence-corrected chi connectivity index (χ3v) is 5.42. The van der Waals surface area contributed by atoms with Gasteiger partial charge in [-0.25, -0.2) is 10.3 Å². The van der Waals surface area contributed by atoms with Crippen molar-refractivity contribution in [2.45, 2.75) is 25.9 Å². The molecule has 0 aliphatic rings. The number of phenolic OH excluding ortho intramolecular Hbond substituents is 1. The van der Waals surface area contributed by atoms with Crippen LogP contribution in [0.1, 0.15) is 37.0 Å². The van der Waals surface area contributed by atoms with Crippen molar-refractivity contribution in [3.8, 4) is 11.8 Å². The van der Waals surface area contributed by atoms with Gasteiger partial charge >= 0.3 is 6.09 Å². The van der Waals surface area contributed by atoms with Gasteiger partial charge in [-0.05, 0) is 54.5 Å². The number of fused-ring (bicyclic) bond motifs is 1. The summed E-state index contributed by atoms with van der Waals surface area (Å²) in [4.78, 5) is 24.0. The number of hydrogen-bond donors (Lipinski definition) is 4. The first kappa shape index (κ1) is 24.3. The summed E-state index contributed by atoms with van der Waals surface area (Å²) in [5, 5.41) is 31.9. The number of anilines is 1. The maximum atomic E-state index is 12.8. The highest BCUT2D eigenvalue weighted by molar-refractivity contribution is 5.91. The van der Waals surface area contributed by atoms with Gasteiger partial charge in [-0.3, -0.25) is 15.3 Å². The molecule has 2 amide bonds. The van der Waals surface area contributed by atoms with Crippen molar-refractivity contribution in [3.05, 3.63) is 83.9 Å². The van der Waals surface area contributed by atoms with Gasteiger partial charge in [0, 0.05) is 22.7 Å². The van der Waals surface area contributed by atoms with Crippen LogP contribution in [0, 0.1) is 17.2 Å². The van der Waals surface area contributed by atoms with E-state index in [0.717, 1.165) is 10.9 Å². The average Bonchev–Trinajstić information content (AvgIpc) is 2.86. The maximum absolute atomic E-state index is 12.8. The topological polar surface area (TPSA) is 132 Å². The molecule has 2 atom stereocenters. The van der Waals surface area contributed by atoms with Crippen molar-refractivity contribution in [2.75, 3.05) is 5.32 Å². The molecular formula is C26H25N3O5. The number of nitrogens with one attached hydrogen (secondary N) is 2. The number of hydroxylamine groups is 1. The van der Waals surface area contributed by atoms with Crippen LogP contribution in [0.4, 0.5) is 10.5 Å². The summed E-state index contributed by atoms with van der Waals surface area (Å²) >= 11 is 0. The molecule has 0 aromatic heterocycles. The maximum Gasteiger partial charge on any atom is 0.412 e. The SMILES string of the molecule is C[C@@H](CC/C=C/C(=O)NO)[C@@H](OC(=O)Nc1ccc(C#N)cc1)c1ccc(O)c2ccccc12. The largest absolute Gasteiger partial charge is 0.507 e. The van der Waals surface area contributed by atoms with Gasteiger partial charge in [0.1, 0.15) is 11.9 Å². The monoisotopic (exact) mass is 459 g/mol. The number of ether oxygens (including phenoxy) is 1. The standard InChI is InChI=1S/C26H25N3O5/c1-17(6-2-5-9-24(31)29-33)25(22-14-15-23(30)21-8-4-3-7-20(21)22)34-26(32)28-19-12-10-18(16-27)11-13-19/h3-5,7-15,17,25,30,33H,2,6H2,1H3,(H,28,32)(H,29,31)/b9-5+/t17-,25+/m0/s1. The smallest absolute Gasteiger partial charge is 0.412 e. The number of nitrogens with zero attached hydrogens (tertiary/aromatic N) is 1. The van der Waals surface area contributed by atoms with Gasteiger partial charge in [0.05, 0.1) is 11.6 Å². The molecule has 0 unspecified atom stereocenters. The first-order valence-electron chi connectivity index (χ1n) is 10.7. The number of benzene rings is 3. The molecule has 8 nitrogen and oxygen atoms in total. The molecule has 0 spiro atoms. The first-order chi connectivity index (χ1) is 16.4. The lowest BCUT2D eigenvalue weighted by atomic mass is 9.89. The Bertz CT molecular complexity index is 1230. The fourth-order valence-corrected chi connectivity index (χ4v) is 3.67. The molecule has 0 bridgehead atoms. The van der Waals surface area contributed by atoms with Crippen LogP contribution in [0.25, 0.3) is 10.8 Å². The minimum absolute atomic E-state index is 0.130. The van der Waals surface area contributed by atoms with Crippen LogP contribution in [0.3, 0.4) is 0 Å². The van der Waals surface area contributed by atoms with Crippen LogP contribution in [0.5, 0.6) is 5.75 Å². The fourth-order valence-electron chi connectivity index (χ4n) is 3.67. The summed E-state index contributed by atoms with van der Waals surface area (Å²) in [7, 11) is 0. The molecule has 3 aromatic rings. The summed E-state index contributed by atoms with van der Waals surface area (Å²) in [6, 6.07) is 19.1. The van der Waals surface area contributed by atoms with Crippen molar-refractivity contribution in [2.24, 2.45) is 5.92 Å². The molecule has 0 heterocycles. The molecule has 8 heteroatoms. The van der Waals surface area contributed by atoms with Crippen LogP contribution in [0.2, 0.25) is 0 Å². The Labute approximate surface area is 197 Å². The van der Waals surface area contributed by atoms with E-state index in [9.17, 15) is 14.7 Å². The first-order valence-corrected chi connectivity index (χ1v) is 10.7. The lowest BCUT2D eigenvalue weighted by Gasteiger charge is -2.26. The zero-order valence-electron chi connectivity index (χ0n) is 18.6. The Morgan fingerprint density at radius 3 is 2.47 bits per heavy atom. The number of carbonyl (C=O) groups is 2. The Balaban J connectivity index is 1.85. The van der Waals surface area contributed by atoms with Gasteiger partial charge in [0.25, 0.3) is 5.91 Å². The van der Waals surface area contributed by atoms with Crippen LogP contribution >= 0.6 is 0 Å². The van der Waals surface area contributed by atoms with E-state index in [0.29, 0.717) is 29.5 Å². The van der Waals surface area contributed by atoms with Crippen LogP contribution in [-0.2, 0) is 9.53 Å². The molecule has 4 N–H and O–H groups in total. The van der Waals surface area contributed by atoms with Gasteiger partial charge in [-0.1, -0.05) is 43.3 Å². The summed E-state index contributed by atoms with van der Waals surface area (Å²) in [6.45, 7) is 1.93. The van der Waals surface area contributed by atoms with Crippen LogP contribution in [-0.4, -0.2) is 22.3 Å². The predicted molar refractivity (Wildman–Crippen MR) is 127 cm³/mol. The summed E-state index contributed by atoms with van der Waals surface area (Å²) in [6.07, 6.45) is 2.65. The van der Waals surface area contributed by atoms with Gasteiger partial charge < -0.3 is 9.84 Å². The lowest BCUT2D eigenvalue weighted by Crippen LogP contribution is -2.22. The second-order valence-electron chi connectivity index (χ2n) is 7.79. The van der Waals surface area contributed by atoms with Gasteiger partial charge in [0.2, 0.25) is 0 Å². The van der Waals surface area contributed by atoms with Crippen molar-refractivity contribution >= 4 is 28.5 Å². The van der Waals surface area contributed by atoms with Crippen LogP contribution < -0.4 is 10.8 Å². The van der Waals surface area contributed by atoms with E-state index in [1.54, 1.807) is 48.5 Å². The molecular weight excluding hydrogens is 434 g/mol. The lowest BCUT2D eigenvalue weighted by molar-refractivity contribution is -0.124. The Morgan fingerprint density at radius 2 is 1.79 bits per heavy atom. The van der Waals surface area contributed by atoms with Crippen molar-refractivity contribution < 1.29 is 24.6 Å². The molecule has 3 rings (SSSR count). The molecule has 3 aromatic carbocycles. The quantitative estimate of drug-likeness (QED) is 0.208. The number of carbonyl (C=O) groups excluding carboxylic acids is 2. The number of nitriles is 1. The number of phenols is 1. The molecule has 0 saturated carbocycles. The van der Waals surface area contributed by atoms with E-state index in [2.05, 4.69) is 5.32 Å². The fraction of sp³-hybridized carbons (Fsp3) is 0.192. The Morgan fingerprint density at radius 1 is 1.09 bits per heavy atom. The van der Waals surface area contributed by atoms with E-state index in [1.807, 2.05) is 31.2 Å². The van der Waals surface area contributed by atoms with Crippen molar-refractivity contribution in [1.29, 1.82) is 5.26 Å². The zero-order valence-corrected chi connectivity index (χ0v) is 18.6. The van der Waals surface area contributed by atoms with E-state index in [1.165, 1.54) is 11.6 Å². The van der Waals surface area contributed by atoms with E-state index in [4.69, 9.17) is 15.2 Å². The molecule has 0 aliphatic carbocycles. The number of hydrogen-bond acceptors (Lipinski definition) is 6. The zero-order chi connectivity index (χ0) is 24.5. The van der Waals surface area contributed by atoms with E-state index < -0.39 is 18.1 Å². The van der Waals surface area contributed by atoms with E-state index in [-0.39, 0.29) is 11.7 Å². The van der Waals surface area contributed by atoms with Crippen LogP contribution in [0.15, 0.2) is 72.8 Å². The van der Waals surface area contributed by atoms with Gasteiger partial charge in [-0.15, -0.1) is 0 Å². The summed E-state index contributed by atoms with van der Waals surface area (Å²) < 4.78 is 5.87. The number of allylic oxidation sites excluding steroid dienone is 1. The average molecular weight is 460 g/mol. The minimum atomic E-state index is -0.658. The third-order valence-electron chi connectivity index (χ3n) is 5.42. The van der Waals surface area contributed by atoms with Gasteiger partial charge in [0.15, 0.2) is 0 Å². The molecule has 0 fully saturated rings. The van der Waals surface area contributed by atoms with Gasteiger partial charge in [-0.2, -0.15) is 5.26 Å². The second-order valence-corrected chi connectivity index (χ2v) is 7.79. The Kier molecular flexibility index (Phi) is 8.21. The normalized spacial score (nSPS) is 12.6. The molecule has 174 valence electrons. The molecule has 0 aliphatic heterocycles. The predicted octanol–water partition coefficient (Wildman–Crippen LogP) is 5.18. The number of amides is 2. The highest BCUT2D eigenvalue weighted by Gasteiger charge is 2.26. The third kappa shape index (κ3) is 6.12. The van der Waals surface area contributed by atoms with E-state index >= 15 is 0 Å². The Hall–Kier alpha value is -4.35. The summed E-state index contributed by atoms with van der Waals surface area (Å²) in [5.74, 6) is -0.640. The highest BCUT2D eigenvalue weighted by atomic mass is 16.6. The van der Waals surface area contributed by atoms with Crippen molar-refractivity contribution in [1.82, 2.24) is 5.48 Å². The molecule has 0 saturated heterocycles. The number of rotatable bonds is 8. The van der Waals surface area contributed by atoms with Crippen molar-refractivity contribution in [3.63, 3.8) is 0 Å². The highest BCUT2D eigenvalue weighted by Crippen LogP contribution is 2.37. The molecule has 34 heavy (non-hydrogen) atoms. The number of aromatic hydroxyl groups is 1. The minimum Gasteiger partial charge on any atom is -0.507 e.